The Morgan fingerprint density at radius 1 is 1.57 bits per heavy atom. The number of carbonyl (C=O) groups is 1. The fourth-order valence-corrected chi connectivity index (χ4v) is 1.44. The van der Waals surface area contributed by atoms with Gasteiger partial charge in [-0.1, -0.05) is 0 Å². The van der Waals surface area contributed by atoms with Crippen LogP contribution in [0, 0.1) is 0 Å². The summed E-state index contributed by atoms with van der Waals surface area (Å²) in [6, 6.07) is -0.820. The number of β-amino-alcohol motifs (C(OH)–C–C–N with tert-alkyl or cyclic N) is 1. The molecule has 4 nitrogen and oxygen atoms in total. The number of halogens is 3. The van der Waals surface area contributed by atoms with Crippen molar-refractivity contribution in [2.45, 2.75) is 30.7 Å². The lowest BCUT2D eigenvalue weighted by molar-refractivity contribution is -0.252. The van der Waals surface area contributed by atoms with Gasteiger partial charge in [-0.15, -0.1) is 0 Å². The molecule has 14 heavy (non-hydrogen) atoms. The SMILES string of the molecule is O=C(O)CC1CC(O)(C(F)(F)F)CN1. The summed E-state index contributed by atoms with van der Waals surface area (Å²) in [6.45, 7) is -0.644. The fraction of sp³-hybridized carbons (Fsp3) is 0.857. The van der Waals surface area contributed by atoms with E-state index in [1.54, 1.807) is 0 Å². The molecule has 2 unspecified atom stereocenters. The Bertz CT molecular complexity index is 243. The number of nitrogens with one attached hydrogen (secondary N) is 1. The van der Waals surface area contributed by atoms with Crippen molar-refractivity contribution < 1.29 is 28.2 Å². The van der Waals surface area contributed by atoms with Crippen LogP contribution >= 0.6 is 0 Å². The summed E-state index contributed by atoms with van der Waals surface area (Å²) < 4.78 is 36.7. The Hall–Kier alpha value is -0.820. The van der Waals surface area contributed by atoms with Gasteiger partial charge < -0.3 is 15.5 Å². The molecule has 0 aromatic rings. The second kappa shape index (κ2) is 3.39. The van der Waals surface area contributed by atoms with Gasteiger partial charge in [-0.3, -0.25) is 4.79 Å². The van der Waals surface area contributed by atoms with Gasteiger partial charge in [-0.25, -0.2) is 0 Å². The molecule has 0 spiro atoms. The number of rotatable bonds is 2. The minimum Gasteiger partial charge on any atom is -0.481 e. The summed E-state index contributed by atoms with van der Waals surface area (Å²) in [5, 5.41) is 19.8. The Morgan fingerprint density at radius 2 is 2.14 bits per heavy atom. The van der Waals surface area contributed by atoms with E-state index in [2.05, 4.69) is 5.32 Å². The first-order chi connectivity index (χ1) is 6.24. The lowest BCUT2D eigenvalue weighted by Gasteiger charge is -2.24. The summed E-state index contributed by atoms with van der Waals surface area (Å²) >= 11 is 0. The highest BCUT2D eigenvalue weighted by Gasteiger charge is 2.57. The molecule has 0 bridgehead atoms. The number of carboxylic acid groups (broad SMARTS) is 1. The summed E-state index contributed by atoms with van der Waals surface area (Å²) in [6.07, 6.45) is -5.74. The van der Waals surface area contributed by atoms with Gasteiger partial charge in [0.15, 0.2) is 5.60 Å². The predicted octanol–water partition coefficient (Wildman–Crippen LogP) is 0.116. The molecule has 7 heteroatoms. The third-order valence-electron chi connectivity index (χ3n) is 2.22. The van der Waals surface area contributed by atoms with Crippen molar-refractivity contribution in [1.82, 2.24) is 5.32 Å². The Kier molecular flexibility index (Phi) is 2.73. The first kappa shape index (κ1) is 11.3. The standard InChI is InChI=1S/C7H10F3NO3/c8-7(9,10)6(14)2-4(11-3-6)1-5(12)13/h4,11,14H,1-3H2,(H,12,13). The maximum Gasteiger partial charge on any atom is 0.418 e. The molecular formula is C7H10F3NO3. The van der Waals surface area contributed by atoms with Gasteiger partial charge in [0.1, 0.15) is 0 Å². The van der Waals surface area contributed by atoms with Crippen LogP contribution in [0.2, 0.25) is 0 Å². The highest BCUT2D eigenvalue weighted by atomic mass is 19.4. The van der Waals surface area contributed by atoms with Crippen molar-refractivity contribution in [3.63, 3.8) is 0 Å². The van der Waals surface area contributed by atoms with E-state index in [9.17, 15) is 18.0 Å². The number of carboxylic acids is 1. The van der Waals surface area contributed by atoms with E-state index in [-0.39, 0.29) is 0 Å². The van der Waals surface area contributed by atoms with E-state index >= 15 is 0 Å². The zero-order valence-electron chi connectivity index (χ0n) is 7.14. The van der Waals surface area contributed by atoms with E-state index in [1.807, 2.05) is 0 Å². The highest BCUT2D eigenvalue weighted by molar-refractivity contribution is 5.67. The summed E-state index contributed by atoms with van der Waals surface area (Å²) in [4.78, 5) is 10.2. The molecule has 0 radical (unpaired) electrons. The average molecular weight is 213 g/mol. The van der Waals surface area contributed by atoms with Crippen molar-refractivity contribution in [1.29, 1.82) is 0 Å². The van der Waals surface area contributed by atoms with Crippen LogP contribution in [-0.4, -0.2) is 40.5 Å². The van der Waals surface area contributed by atoms with Crippen LogP contribution in [0.1, 0.15) is 12.8 Å². The van der Waals surface area contributed by atoms with E-state index in [0.717, 1.165) is 0 Å². The molecule has 0 amide bonds. The largest absolute Gasteiger partial charge is 0.481 e. The van der Waals surface area contributed by atoms with Crippen LogP contribution in [0.15, 0.2) is 0 Å². The quantitative estimate of drug-likeness (QED) is 0.609. The highest BCUT2D eigenvalue weighted by Crippen LogP contribution is 2.37. The Morgan fingerprint density at radius 3 is 2.50 bits per heavy atom. The molecule has 0 aromatic heterocycles. The minimum absolute atomic E-state index is 0.418. The molecule has 1 rings (SSSR count). The maximum absolute atomic E-state index is 12.2. The summed E-state index contributed by atoms with van der Waals surface area (Å²) in [5.41, 5.74) is -2.78. The molecule has 1 fully saturated rings. The summed E-state index contributed by atoms with van der Waals surface area (Å²) in [7, 11) is 0. The van der Waals surface area contributed by atoms with Crippen LogP contribution in [-0.2, 0) is 4.79 Å². The van der Waals surface area contributed by atoms with Gasteiger partial charge in [0.25, 0.3) is 0 Å². The molecule has 1 saturated heterocycles. The van der Waals surface area contributed by atoms with E-state index < -0.39 is 43.2 Å². The van der Waals surface area contributed by atoms with Crippen LogP contribution in [0.4, 0.5) is 13.2 Å². The lowest BCUT2D eigenvalue weighted by Crippen LogP contribution is -2.46. The topological polar surface area (TPSA) is 69.6 Å². The van der Waals surface area contributed by atoms with E-state index in [4.69, 9.17) is 10.2 Å². The molecule has 0 aromatic carbocycles. The van der Waals surface area contributed by atoms with Gasteiger partial charge in [-0.2, -0.15) is 13.2 Å². The number of hydrogen-bond acceptors (Lipinski definition) is 3. The molecular weight excluding hydrogens is 203 g/mol. The Labute approximate surface area is 77.7 Å². The van der Waals surface area contributed by atoms with E-state index in [1.165, 1.54) is 0 Å². The second-order valence-corrected chi connectivity index (χ2v) is 3.41. The number of alkyl halides is 3. The lowest BCUT2D eigenvalue weighted by atomic mass is 9.98. The van der Waals surface area contributed by atoms with Crippen LogP contribution < -0.4 is 5.32 Å². The predicted molar refractivity (Wildman–Crippen MR) is 39.7 cm³/mol. The number of hydrogen-bond donors (Lipinski definition) is 3. The third-order valence-corrected chi connectivity index (χ3v) is 2.22. The van der Waals surface area contributed by atoms with Gasteiger partial charge in [0.2, 0.25) is 0 Å². The zero-order chi connectivity index (χ0) is 11.0. The maximum atomic E-state index is 12.2. The molecule has 82 valence electrons. The normalized spacial score (nSPS) is 33.3. The molecule has 2 atom stereocenters. The van der Waals surface area contributed by atoms with Gasteiger partial charge >= 0.3 is 12.1 Å². The second-order valence-electron chi connectivity index (χ2n) is 3.41. The Balaban J connectivity index is 2.60. The van der Waals surface area contributed by atoms with E-state index in [0.29, 0.717) is 0 Å². The molecule has 0 aliphatic carbocycles. The molecule has 1 aliphatic rings. The first-order valence-corrected chi connectivity index (χ1v) is 3.99. The smallest absolute Gasteiger partial charge is 0.418 e. The van der Waals surface area contributed by atoms with Crippen molar-refractivity contribution in [2.75, 3.05) is 6.54 Å². The molecule has 0 saturated carbocycles. The van der Waals surface area contributed by atoms with Crippen molar-refractivity contribution in [3.8, 4) is 0 Å². The molecule has 1 aliphatic heterocycles. The first-order valence-electron chi connectivity index (χ1n) is 3.99. The monoisotopic (exact) mass is 213 g/mol. The van der Waals surface area contributed by atoms with Gasteiger partial charge in [0, 0.05) is 19.0 Å². The van der Waals surface area contributed by atoms with Crippen molar-refractivity contribution >= 4 is 5.97 Å². The molecule has 1 heterocycles. The van der Waals surface area contributed by atoms with Crippen molar-refractivity contribution in [2.24, 2.45) is 0 Å². The van der Waals surface area contributed by atoms with Crippen LogP contribution in [0.5, 0.6) is 0 Å². The van der Waals surface area contributed by atoms with Crippen molar-refractivity contribution in [3.05, 3.63) is 0 Å². The van der Waals surface area contributed by atoms with Gasteiger partial charge in [0.05, 0.1) is 6.42 Å². The van der Waals surface area contributed by atoms with Gasteiger partial charge in [-0.05, 0) is 0 Å². The fourth-order valence-electron chi connectivity index (χ4n) is 1.44. The average Bonchev–Trinajstić information content (AvgIpc) is 2.30. The van der Waals surface area contributed by atoms with Crippen LogP contribution in [0.25, 0.3) is 0 Å². The van der Waals surface area contributed by atoms with Crippen LogP contribution in [0.3, 0.4) is 0 Å². The number of aliphatic hydroxyl groups is 1. The number of aliphatic carboxylic acids is 1. The summed E-state index contributed by atoms with van der Waals surface area (Å²) in [5.74, 6) is -1.19. The minimum atomic E-state index is -4.72. The molecule has 3 N–H and O–H groups in total. The third kappa shape index (κ3) is 2.16. The zero-order valence-corrected chi connectivity index (χ0v) is 7.14.